The predicted molar refractivity (Wildman–Crippen MR) is 50.7 cm³/mol. The van der Waals surface area contributed by atoms with Crippen LogP contribution in [0.5, 0.6) is 0 Å². The molecule has 0 unspecified atom stereocenters. The highest BCUT2D eigenvalue weighted by atomic mass is 14.6. The standard InChI is InChI=1S/C11H13N/c1-2-5-10(6-3-1)11-7-4-8-12-9-11/h4-5,7-9H,1-3,6H2. The summed E-state index contributed by atoms with van der Waals surface area (Å²) in [6.45, 7) is 0. The number of hydrogen-bond donors (Lipinski definition) is 0. The molecule has 1 aliphatic rings. The summed E-state index contributed by atoms with van der Waals surface area (Å²) in [5, 5.41) is 0. The van der Waals surface area contributed by atoms with Gasteiger partial charge in [-0.05, 0) is 42.9 Å². The van der Waals surface area contributed by atoms with E-state index in [0.29, 0.717) is 0 Å². The fraction of sp³-hybridized carbons (Fsp3) is 0.364. The summed E-state index contributed by atoms with van der Waals surface area (Å²) < 4.78 is 0. The summed E-state index contributed by atoms with van der Waals surface area (Å²) in [5.41, 5.74) is 2.78. The lowest BCUT2D eigenvalue weighted by atomic mass is 9.95. The molecule has 1 aliphatic carbocycles. The Hall–Kier alpha value is -1.11. The maximum atomic E-state index is 4.12. The topological polar surface area (TPSA) is 12.9 Å². The van der Waals surface area contributed by atoms with E-state index in [-0.39, 0.29) is 0 Å². The Labute approximate surface area is 73.1 Å². The van der Waals surface area contributed by atoms with Gasteiger partial charge in [0.05, 0.1) is 0 Å². The Morgan fingerprint density at radius 1 is 1.25 bits per heavy atom. The second-order valence-corrected chi connectivity index (χ2v) is 3.22. The highest BCUT2D eigenvalue weighted by Gasteiger charge is 2.04. The van der Waals surface area contributed by atoms with Gasteiger partial charge in [-0.1, -0.05) is 12.1 Å². The van der Waals surface area contributed by atoms with Gasteiger partial charge in [0.15, 0.2) is 0 Å². The van der Waals surface area contributed by atoms with Crippen molar-refractivity contribution in [3.05, 3.63) is 36.2 Å². The van der Waals surface area contributed by atoms with E-state index < -0.39 is 0 Å². The molecule has 0 bridgehead atoms. The third-order valence-corrected chi connectivity index (χ3v) is 2.32. The Bertz CT molecular complexity index is 274. The smallest absolute Gasteiger partial charge is 0.0342 e. The SMILES string of the molecule is C1=C(c2cccnc2)CCCC1. The van der Waals surface area contributed by atoms with Crippen LogP contribution >= 0.6 is 0 Å². The van der Waals surface area contributed by atoms with Gasteiger partial charge in [0.25, 0.3) is 0 Å². The first-order valence-corrected chi connectivity index (χ1v) is 4.56. The van der Waals surface area contributed by atoms with Crippen molar-refractivity contribution < 1.29 is 0 Å². The Morgan fingerprint density at radius 2 is 2.25 bits per heavy atom. The minimum Gasteiger partial charge on any atom is -0.264 e. The highest BCUT2D eigenvalue weighted by molar-refractivity contribution is 5.65. The van der Waals surface area contributed by atoms with E-state index in [1.54, 1.807) is 0 Å². The largest absolute Gasteiger partial charge is 0.264 e. The number of aromatic nitrogens is 1. The Balaban J connectivity index is 2.24. The molecular weight excluding hydrogens is 146 g/mol. The van der Waals surface area contributed by atoms with E-state index >= 15 is 0 Å². The molecule has 1 nitrogen and oxygen atoms in total. The van der Waals surface area contributed by atoms with Crippen LogP contribution in [0.15, 0.2) is 30.6 Å². The van der Waals surface area contributed by atoms with Gasteiger partial charge in [0, 0.05) is 12.4 Å². The number of rotatable bonds is 1. The van der Waals surface area contributed by atoms with Gasteiger partial charge < -0.3 is 0 Å². The minimum atomic E-state index is 1.23. The normalized spacial score (nSPS) is 17.2. The van der Waals surface area contributed by atoms with E-state index in [2.05, 4.69) is 17.1 Å². The average Bonchev–Trinajstić information content (AvgIpc) is 2.21. The van der Waals surface area contributed by atoms with Crippen LogP contribution < -0.4 is 0 Å². The van der Waals surface area contributed by atoms with Crippen LogP contribution in [0.25, 0.3) is 5.57 Å². The molecule has 0 fully saturated rings. The van der Waals surface area contributed by atoms with E-state index in [1.165, 1.54) is 36.8 Å². The first-order chi connectivity index (χ1) is 5.97. The molecular formula is C11H13N. The summed E-state index contributed by atoms with van der Waals surface area (Å²) >= 11 is 0. The molecule has 12 heavy (non-hydrogen) atoms. The maximum Gasteiger partial charge on any atom is 0.0342 e. The van der Waals surface area contributed by atoms with Crippen molar-refractivity contribution in [2.24, 2.45) is 0 Å². The third kappa shape index (κ3) is 1.55. The van der Waals surface area contributed by atoms with E-state index in [0.717, 1.165) is 0 Å². The van der Waals surface area contributed by atoms with E-state index in [4.69, 9.17) is 0 Å². The first kappa shape index (κ1) is 7.53. The second kappa shape index (κ2) is 3.53. The zero-order valence-electron chi connectivity index (χ0n) is 7.16. The van der Waals surface area contributed by atoms with Crippen LogP contribution in [0.1, 0.15) is 31.2 Å². The van der Waals surface area contributed by atoms with E-state index in [1.807, 2.05) is 18.5 Å². The fourth-order valence-electron chi connectivity index (χ4n) is 1.65. The first-order valence-electron chi connectivity index (χ1n) is 4.56. The van der Waals surface area contributed by atoms with Crippen LogP contribution in [0.2, 0.25) is 0 Å². The van der Waals surface area contributed by atoms with Gasteiger partial charge in [-0.2, -0.15) is 0 Å². The molecule has 0 amide bonds. The number of allylic oxidation sites excluding steroid dienone is 2. The number of nitrogens with zero attached hydrogens (tertiary/aromatic N) is 1. The Kier molecular flexibility index (Phi) is 2.21. The van der Waals surface area contributed by atoms with Gasteiger partial charge in [-0.25, -0.2) is 0 Å². The van der Waals surface area contributed by atoms with Crippen molar-refractivity contribution in [3.63, 3.8) is 0 Å². The average molecular weight is 159 g/mol. The van der Waals surface area contributed by atoms with Crippen molar-refractivity contribution in [2.45, 2.75) is 25.7 Å². The summed E-state index contributed by atoms with van der Waals surface area (Å²) in [6.07, 6.45) is 11.3. The molecule has 2 rings (SSSR count). The van der Waals surface area contributed by atoms with Crippen molar-refractivity contribution in [1.29, 1.82) is 0 Å². The van der Waals surface area contributed by atoms with Gasteiger partial charge in [-0.15, -0.1) is 0 Å². The van der Waals surface area contributed by atoms with Crippen LogP contribution in [0, 0.1) is 0 Å². The van der Waals surface area contributed by atoms with Crippen LogP contribution in [-0.2, 0) is 0 Å². The molecule has 0 aromatic carbocycles. The maximum absolute atomic E-state index is 4.12. The monoisotopic (exact) mass is 159 g/mol. The van der Waals surface area contributed by atoms with Gasteiger partial charge in [-0.3, -0.25) is 4.98 Å². The van der Waals surface area contributed by atoms with Crippen molar-refractivity contribution in [2.75, 3.05) is 0 Å². The van der Waals surface area contributed by atoms with Crippen molar-refractivity contribution in [1.82, 2.24) is 4.98 Å². The summed E-state index contributed by atoms with van der Waals surface area (Å²) in [6, 6.07) is 4.15. The van der Waals surface area contributed by atoms with Crippen molar-refractivity contribution in [3.8, 4) is 0 Å². The van der Waals surface area contributed by atoms with Gasteiger partial charge in [0.2, 0.25) is 0 Å². The lowest BCUT2D eigenvalue weighted by Crippen LogP contribution is -1.91. The molecule has 1 heteroatoms. The molecule has 0 aliphatic heterocycles. The summed E-state index contributed by atoms with van der Waals surface area (Å²) in [5.74, 6) is 0. The third-order valence-electron chi connectivity index (χ3n) is 2.32. The quantitative estimate of drug-likeness (QED) is 0.613. The van der Waals surface area contributed by atoms with Gasteiger partial charge >= 0.3 is 0 Å². The predicted octanol–water partition coefficient (Wildman–Crippen LogP) is 3.04. The number of hydrogen-bond acceptors (Lipinski definition) is 1. The van der Waals surface area contributed by atoms with Crippen molar-refractivity contribution >= 4 is 5.57 Å². The van der Waals surface area contributed by atoms with Crippen LogP contribution in [0.4, 0.5) is 0 Å². The molecule has 0 atom stereocenters. The molecule has 0 N–H and O–H groups in total. The summed E-state index contributed by atoms with van der Waals surface area (Å²) in [4.78, 5) is 4.12. The zero-order chi connectivity index (χ0) is 8.23. The molecule has 0 radical (unpaired) electrons. The highest BCUT2D eigenvalue weighted by Crippen LogP contribution is 2.25. The summed E-state index contributed by atoms with van der Waals surface area (Å²) in [7, 11) is 0. The molecule has 62 valence electrons. The zero-order valence-corrected chi connectivity index (χ0v) is 7.16. The molecule has 1 heterocycles. The van der Waals surface area contributed by atoms with E-state index in [9.17, 15) is 0 Å². The lowest BCUT2D eigenvalue weighted by molar-refractivity contribution is 0.741. The number of pyridine rings is 1. The molecule has 1 aromatic rings. The lowest BCUT2D eigenvalue weighted by Gasteiger charge is -2.11. The second-order valence-electron chi connectivity index (χ2n) is 3.22. The van der Waals surface area contributed by atoms with Crippen LogP contribution in [0.3, 0.4) is 0 Å². The molecule has 0 saturated heterocycles. The van der Waals surface area contributed by atoms with Gasteiger partial charge in [0.1, 0.15) is 0 Å². The fourth-order valence-corrected chi connectivity index (χ4v) is 1.65. The Morgan fingerprint density at radius 3 is 2.92 bits per heavy atom. The molecule has 0 spiro atoms. The molecule has 0 saturated carbocycles. The minimum absolute atomic E-state index is 1.23. The molecule has 1 aromatic heterocycles. The van der Waals surface area contributed by atoms with Crippen LogP contribution in [-0.4, -0.2) is 4.98 Å².